The van der Waals surface area contributed by atoms with Crippen LogP contribution in [0.4, 0.5) is 17.6 Å². The highest BCUT2D eigenvalue weighted by Gasteiger charge is 2.48. The van der Waals surface area contributed by atoms with Crippen LogP contribution in [0.5, 0.6) is 0 Å². The minimum Gasteiger partial charge on any atom is -0.343 e. The highest BCUT2D eigenvalue weighted by Crippen LogP contribution is 2.39. The second kappa shape index (κ2) is 7.70. The number of aromatic nitrogens is 3. The highest BCUT2D eigenvalue weighted by molar-refractivity contribution is 6.30. The van der Waals surface area contributed by atoms with Crippen LogP contribution in [-0.2, 0) is 26.4 Å². The van der Waals surface area contributed by atoms with Gasteiger partial charge in [-0.15, -0.1) is 0 Å². The van der Waals surface area contributed by atoms with Gasteiger partial charge in [0.2, 0.25) is 5.79 Å². The SMILES string of the molecule is CC(OC(F)C(F)(F)F)C1COC(Cc2nc[nH]n2)(c2ccc(Cl)cc2)O1. The van der Waals surface area contributed by atoms with Gasteiger partial charge in [0.05, 0.1) is 19.1 Å². The molecule has 1 fully saturated rings. The van der Waals surface area contributed by atoms with Gasteiger partial charge in [-0.05, 0) is 19.1 Å². The lowest BCUT2D eigenvalue weighted by molar-refractivity contribution is -0.286. The number of halogens is 5. The fourth-order valence-corrected chi connectivity index (χ4v) is 2.82. The third kappa shape index (κ3) is 4.57. The van der Waals surface area contributed by atoms with Crippen molar-refractivity contribution in [3.05, 3.63) is 47.0 Å². The molecule has 0 amide bonds. The summed E-state index contributed by atoms with van der Waals surface area (Å²) < 4.78 is 66.5. The molecule has 3 rings (SSSR count). The maximum atomic E-state index is 13.2. The largest absolute Gasteiger partial charge is 0.445 e. The quantitative estimate of drug-likeness (QED) is 0.739. The molecular formula is C16H16ClF4N3O3. The normalized spacial score (nSPS) is 25.5. The summed E-state index contributed by atoms with van der Waals surface area (Å²) in [7, 11) is 0. The maximum absolute atomic E-state index is 13.2. The first-order chi connectivity index (χ1) is 12.7. The third-order valence-corrected chi connectivity index (χ3v) is 4.33. The summed E-state index contributed by atoms with van der Waals surface area (Å²) in [6.07, 6.45) is -9.20. The molecule has 1 aromatic heterocycles. The molecule has 1 aliphatic rings. The minimum absolute atomic E-state index is 0.0830. The smallest absolute Gasteiger partial charge is 0.343 e. The van der Waals surface area contributed by atoms with Crippen molar-refractivity contribution in [2.45, 2.75) is 43.9 Å². The third-order valence-electron chi connectivity index (χ3n) is 4.08. The fraction of sp³-hybridized carbons (Fsp3) is 0.500. The first kappa shape index (κ1) is 20.0. The van der Waals surface area contributed by atoms with Crippen molar-refractivity contribution in [2.24, 2.45) is 0 Å². The lowest BCUT2D eigenvalue weighted by atomic mass is 10.0. The summed E-state index contributed by atoms with van der Waals surface area (Å²) in [4.78, 5) is 4.03. The monoisotopic (exact) mass is 409 g/mol. The lowest BCUT2D eigenvalue weighted by Gasteiger charge is -2.29. The Balaban J connectivity index is 1.80. The van der Waals surface area contributed by atoms with Gasteiger partial charge in [0.1, 0.15) is 12.4 Å². The van der Waals surface area contributed by atoms with E-state index >= 15 is 0 Å². The first-order valence-electron chi connectivity index (χ1n) is 7.98. The van der Waals surface area contributed by atoms with Crippen LogP contribution in [0.3, 0.4) is 0 Å². The van der Waals surface area contributed by atoms with Gasteiger partial charge in [0, 0.05) is 10.6 Å². The van der Waals surface area contributed by atoms with Gasteiger partial charge in [-0.2, -0.15) is 18.3 Å². The Morgan fingerprint density at radius 1 is 1.37 bits per heavy atom. The number of ether oxygens (including phenoxy) is 3. The number of aromatic amines is 1. The minimum atomic E-state index is -5.11. The van der Waals surface area contributed by atoms with Crippen LogP contribution in [0, 0.1) is 0 Å². The van der Waals surface area contributed by atoms with Gasteiger partial charge in [-0.25, -0.2) is 9.37 Å². The molecule has 2 heterocycles. The van der Waals surface area contributed by atoms with Crippen molar-refractivity contribution in [3.63, 3.8) is 0 Å². The zero-order valence-electron chi connectivity index (χ0n) is 14.0. The average Bonchev–Trinajstić information content (AvgIpc) is 3.25. The molecule has 0 radical (unpaired) electrons. The summed E-state index contributed by atoms with van der Waals surface area (Å²) >= 11 is 5.91. The number of nitrogens with zero attached hydrogens (tertiary/aromatic N) is 2. The molecular weight excluding hydrogens is 394 g/mol. The molecule has 4 unspecified atom stereocenters. The van der Waals surface area contributed by atoms with Crippen LogP contribution in [0.1, 0.15) is 18.3 Å². The number of rotatable bonds is 6. The number of alkyl halides is 4. The Labute approximate surface area is 156 Å². The predicted molar refractivity (Wildman–Crippen MR) is 85.5 cm³/mol. The molecule has 27 heavy (non-hydrogen) atoms. The predicted octanol–water partition coefficient (Wildman–Crippen LogP) is 3.53. The van der Waals surface area contributed by atoms with Crippen LogP contribution in [0.2, 0.25) is 5.02 Å². The Morgan fingerprint density at radius 2 is 2.07 bits per heavy atom. The highest BCUT2D eigenvalue weighted by atomic mass is 35.5. The van der Waals surface area contributed by atoms with E-state index in [0.29, 0.717) is 16.4 Å². The molecule has 1 aliphatic heterocycles. The number of nitrogens with one attached hydrogen (secondary N) is 1. The number of benzene rings is 1. The Morgan fingerprint density at radius 3 is 2.67 bits per heavy atom. The zero-order valence-corrected chi connectivity index (χ0v) is 14.8. The van der Waals surface area contributed by atoms with E-state index in [9.17, 15) is 17.6 Å². The molecule has 11 heteroatoms. The van der Waals surface area contributed by atoms with E-state index in [1.165, 1.54) is 13.3 Å². The average molecular weight is 410 g/mol. The summed E-state index contributed by atoms with van der Waals surface area (Å²) in [5.74, 6) is -0.989. The molecule has 0 spiro atoms. The molecule has 2 aromatic rings. The van der Waals surface area contributed by atoms with E-state index in [0.717, 1.165) is 0 Å². The molecule has 0 saturated carbocycles. The van der Waals surface area contributed by atoms with E-state index in [1.807, 2.05) is 0 Å². The van der Waals surface area contributed by atoms with Crippen LogP contribution in [-0.4, -0.2) is 46.5 Å². The molecule has 0 bridgehead atoms. The Hall–Kier alpha value is -1.75. The van der Waals surface area contributed by atoms with E-state index in [1.54, 1.807) is 24.3 Å². The van der Waals surface area contributed by atoms with E-state index in [4.69, 9.17) is 21.1 Å². The number of H-pyrrole nitrogens is 1. The van der Waals surface area contributed by atoms with Crippen LogP contribution in [0.25, 0.3) is 0 Å². The Kier molecular flexibility index (Phi) is 5.71. The molecule has 4 atom stereocenters. The Bertz CT molecular complexity index is 744. The molecule has 148 valence electrons. The van der Waals surface area contributed by atoms with Gasteiger partial charge in [-0.3, -0.25) is 5.10 Å². The van der Waals surface area contributed by atoms with Crippen molar-refractivity contribution in [3.8, 4) is 0 Å². The molecule has 1 saturated heterocycles. The first-order valence-corrected chi connectivity index (χ1v) is 8.36. The van der Waals surface area contributed by atoms with Gasteiger partial charge in [-0.1, -0.05) is 23.7 Å². The number of hydrogen-bond donors (Lipinski definition) is 1. The summed E-state index contributed by atoms with van der Waals surface area (Å²) in [5, 5.41) is 7.01. The van der Waals surface area contributed by atoms with Gasteiger partial charge in [0.25, 0.3) is 6.36 Å². The van der Waals surface area contributed by atoms with Crippen LogP contribution < -0.4 is 0 Å². The topological polar surface area (TPSA) is 69.3 Å². The standard InChI is InChI=1S/C16H16ClF4N3O3/c1-9(26-14(18)16(19,20)21)12-7-25-15(27-12,6-13-22-8-23-24-13)10-2-4-11(17)5-3-10/h2-5,8-9,12,14H,6-7H2,1H3,(H,22,23,24). The van der Waals surface area contributed by atoms with Crippen molar-refractivity contribution in [1.82, 2.24) is 15.2 Å². The summed E-state index contributed by atoms with van der Waals surface area (Å²) in [5.41, 5.74) is 0.569. The summed E-state index contributed by atoms with van der Waals surface area (Å²) in [6.45, 7) is 1.19. The molecule has 1 N–H and O–H groups in total. The van der Waals surface area contributed by atoms with Gasteiger partial charge >= 0.3 is 6.18 Å². The van der Waals surface area contributed by atoms with Gasteiger partial charge < -0.3 is 14.2 Å². The van der Waals surface area contributed by atoms with E-state index in [2.05, 4.69) is 19.9 Å². The maximum Gasteiger partial charge on any atom is 0.445 e. The molecule has 0 aliphatic carbocycles. The van der Waals surface area contributed by atoms with Crippen molar-refractivity contribution in [2.75, 3.05) is 6.61 Å². The van der Waals surface area contributed by atoms with Crippen LogP contribution >= 0.6 is 11.6 Å². The summed E-state index contributed by atoms with van der Waals surface area (Å²) in [6, 6.07) is 6.57. The van der Waals surface area contributed by atoms with Crippen molar-refractivity contribution >= 4 is 11.6 Å². The number of hydrogen-bond acceptors (Lipinski definition) is 5. The van der Waals surface area contributed by atoms with Crippen molar-refractivity contribution < 1.29 is 31.8 Å². The van der Waals surface area contributed by atoms with Gasteiger partial charge in [0.15, 0.2) is 5.82 Å². The van der Waals surface area contributed by atoms with Crippen molar-refractivity contribution in [1.29, 1.82) is 0 Å². The van der Waals surface area contributed by atoms with Crippen LogP contribution in [0.15, 0.2) is 30.6 Å². The zero-order chi connectivity index (χ0) is 19.7. The lowest BCUT2D eigenvalue weighted by Crippen LogP contribution is -2.38. The second-order valence-corrected chi connectivity index (χ2v) is 6.45. The molecule has 6 nitrogen and oxygen atoms in total. The second-order valence-electron chi connectivity index (χ2n) is 6.02. The van der Waals surface area contributed by atoms with E-state index in [-0.39, 0.29) is 13.0 Å². The molecule has 1 aromatic carbocycles. The van der Waals surface area contributed by atoms with E-state index < -0.39 is 30.5 Å². The fourth-order valence-electron chi connectivity index (χ4n) is 2.69.